The molecular weight excluding hydrogens is 387 g/mol. The normalized spacial score (nSPS) is 14.7. The number of nitrogens with zero attached hydrogens (tertiary/aromatic N) is 4. The zero-order valence-corrected chi connectivity index (χ0v) is 16.7. The van der Waals surface area contributed by atoms with Crippen LogP contribution in [0.4, 0.5) is 4.39 Å². The van der Waals surface area contributed by atoms with Crippen LogP contribution in [0.3, 0.4) is 0 Å². The van der Waals surface area contributed by atoms with E-state index >= 15 is 0 Å². The number of likely N-dealkylation sites (tertiary alicyclic amines) is 1. The third-order valence-corrected chi connectivity index (χ3v) is 5.35. The number of amides is 1. The lowest BCUT2D eigenvalue weighted by molar-refractivity contribution is -0.134. The summed E-state index contributed by atoms with van der Waals surface area (Å²) in [4.78, 5) is 26.8. The first-order chi connectivity index (χ1) is 14.5. The van der Waals surface area contributed by atoms with Crippen molar-refractivity contribution in [3.05, 3.63) is 76.7 Å². The minimum atomic E-state index is -0.348. The van der Waals surface area contributed by atoms with Crippen molar-refractivity contribution in [2.45, 2.75) is 18.8 Å². The van der Waals surface area contributed by atoms with Crippen molar-refractivity contribution in [1.82, 2.24) is 19.2 Å². The third kappa shape index (κ3) is 4.12. The van der Waals surface area contributed by atoms with Crippen LogP contribution in [0.25, 0.3) is 5.69 Å². The molecular formula is C22H23FN4O3. The maximum absolute atomic E-state index is 13.0. The standard InChI is InChI=1S/C22H23FN4O3/c1-25-22(29)27(18-5-3-2-4-6-18)21(24-25)16-11-13-26(14-12-16)20(28)15-30-19-9-7-17(23)8-10-19/h2-10,16H,11-15H2,1H3. The lowest BCUT2D eigenvalue weighted by Gasteiger charge is -2.31. The van der Waals surface area contributed by atoms with Crippen molar-refractivity contribution in [1.29, 1.82) is 0 Å². The Morgan fingerprint density at radius 2 is 1.77 bits per heavy atom. The molecule has 30 heavy (non-hydrogen) atoms. The molecule has 1 aromatic heterocycles. The smallest absolute Gasteiger partial charge is 0.350 e. The van der Waals surface area contributed by atoms with E-state index < -0.39 is 0 Å². The fourth-order valence-corrected chi connectivity index (χ4v) is 3.72. The first-order valence-corrected chi connectivity index (χ1v) is 9.90. The number of piperidine rings is 1. The highest BCUT2D eigenvalue weighted by atomic mass is 19.1. The third-order valence-electron chi connectivity index (χ3n) is 5.35. The molecule has 3 aromatic rings. The van der Waals surface area contributed by atoms with Crippen LogP contribution in [0.15, 0.2) is 59.4 Å². The number of ether oxygens (including phenoxy) is 1. The first kappa shape index (κ1) is 19.9. The van der Waals surface area contributed by atoms with Crippen LogP contribution in [0, 0.1) is 5.82 Å². The molecule has 4 rings (SSSR count). The quantitative estimate of drug-likeness (QED) is 0.648. The van der Waals surface area contributed by atoms with Gasteiger partial charge in [-0.3, -0.25) is 4.79 Å². The highest BCUT2D eigenvalue weighted by Crippen LogP contribution is 2.27. The second-order valence-corrected chi connectivity index (χ2v) is 7.33. The summed E-state index contributed by atoms with van der Waals surface area (Å²) in [5, 5.41) is 4.47. The fourth-order valence-electron chi connectivity index (χ4n) is 3.72. The van der Waals surface area contributed by atoms with Gasteiger partial charge in [0, 0.05) is 26.1 Å². The minimum absolute atomic E-state index is 0.0844. The monoisotopic (exact) mass is 410 g/mol. The molecule has 1 fully saturated rings. The van der Waals surface area contributed by atoms with Gasteiger partial charge >= 0.3 is 5.69 Å². The number of hydrogen-bond acceptors (Lipinski definition) is 4. The molecule has 156 valence electrons. The molecule has 0 spiro atoms. The van der Waals surface area contributed by atoms with E-state index in [0.717, 1.165) is 11.5 Å². The van der Waals surface area contributed by atoms with Gasteiger partial charge in [-0.05, 0) is 49.2 Å². The number of halogens is 1. The zero-order chi connectivity index (χ0) is 21.1. The predicted molar refractivity (Wildman–Crippen MR) is 109 cm³/mol. The lowest BCUT2D eigenvalue weighted by Crippen LogP contribution is -2.41. The summed E-state index contributed by atoms with van der Waals surface area (Å²) >= 11 is 0. The largest absolute Gasteiger partial charge is 0.484 e. The fraction of sp³-hybridized carbons (Fsp3) is 0.318. The average Bonchev–Trinajstić information content (AvgIpc) is 3.08. The minimum Gasteiger partial charge on any atom is -0.484 e. The summed E-state index contributed by atoms with van der Waals surface area (Å²) < 4.78 is 21.4. The van der Waals surface area contributed by atoms with E-state index in [0.29, 0.717) is 31.7 Å². The van der Waals surface area contributed by atoms with E-state index in [4.69, 9.17) is 4.74 Å². The Labute approximate surface area is 173 Å². The van der Waals surface area contributed by atoms with Gasteiger partial charge in [0.2, 0.25) is 0 Å². The van der Waals surface area contributed by atoms with Gasteiger partial charge in [-0.2, -0.15) is 5.10 Å². The van der Waals surface area contributed by atoms with E-state index in [1.54, 1.807) is 16.5 Å². The molecule has 1 aliphatic heterocycles. The number of benzene rings is 2. The van der Waals surface area contributed by atoms with Crippen molar-refractivity contribution in [2.24, 2.45) is 7.05 Å². The Kier molecular flexibility index (Phi) is 5.65. The Bertz CT molecular complexity index is 1070. The number of para-hydroxylation sites is 1. The second kappa shape index (κ2) is 8.52. The zero-order valence-electron chi connectivity index (χ0n) is 16.7. The van der Waals surface area contributed by atoms with Crippen LogP contribution in [0.1, 0.15) is 24.6 Å². The Morgan fingerprint density at radius 3 is 2.43 bits per heavy atom. The summed E-state index contributed by atoms with van der Waals surface area (Å²) in [6.07, 6.45) is 1.43. The number of rotatable bonds is 5. The van der Waals surface area contributed by atoms with Crippen molar-refractivity contribution in [2.75, 3.05) is 19.7 Å². The van der Waals surface area contributed by atoms with Crippen LogP contribution in [-0.4, -0.2) is 44.9 Å². The van der Waals surface area contributed by atoms with E-state index in [-0.39, 0.29) is 29.9 Å². The summed E-state index contributed by atoms with van der Waals surface area (Å²) in [5.74, 6) is 0.808. The van der Waals surface area contributed by atoms with Crippen LogP contribution >= 0.6 is 0 Å². The molecule has 0 atom stereocenters. The molecule has 0 saturated carbocycles. The van der Waals surface area contributed by atoms with Gasteiger partial charge in [-0.25, -0.2) is 18.4 Å². The highest BCUT2D eigenvalue weighted by Gasteiger charge is 2.28. The maximum atomic E-state index is 13.0. The maximum Gasteiger partial charge on any atom is 0.350 e. The van der Waals surface area contributed by atoms with Crippen LogP contribution in [-0.2, 0) is 11.8 Å². The van der Waals surface area contributed by atoms with Gasteiger partial charge in [0.25, 0.3) is 5.91 Å². The SMILES string of the molecule is Cn1nc(C2CCN(C(=O)COc3ccc(F)cc3)CC2)n(-c2ccccc2)c1=O. The van der Waals surface area contributed by atoms with E-state index in [2.05, 4.69) is 5.10 Å². The molecule has 0 unspecified atom stereocenters. The van der Waals surface area contributed by atoms with Gasteiger partial charge in [-0.15, -0.1) is 0 Å². The van der Waals surface area contributed by atoms with E-state index in [1.165, 1.54) is 28.9 Å². The summed E-state index contributed by atoms with van der Waals surface area (Å²) in [5.41, 5.74) is 0.610. The van der Waals surface area contributed by atoms with Gasteiger partial charge in [0.15, 0.2) is 6.61 Å². The van der Waals surface area contributed by atoms with E-state index in [1.807, 2.05) is 30.3 Å². The van der Waals surface area contributed by atoms with Crippen molar-refractivity contribution in [3.8, 4) is 11.4 Å². The van der Waals surface area contributed by atoms with Gasteiger partial charge in [0.1, 0.15) is 17.4 Å². The molecule has 1 aliphatic rings. The Morgan fingerprint density at radius 1 is 1.10 bits per heavy atom. The molecule has 1 saturated heterocycles. The Hall–Kier alpha value is -3.42. The van der Waals surface area contributed by atoms with Gasteiger partial charge in [-0.1, -0.05) is 18.2 Å². The summed E-state index contributed by atoms with van der Waals surface area (Å²) in [6.45, 7) is 1.04. The van der Waals surface area contributed by atoms with Gasteiger partial charge in [0.05, 0.1) is 5.69 Å². The summed E-state index contributed by atoms with van der Waals surface area (Å²) in [7, 11) is 1.65. The van der Waals surface area contributed by atoms with Crippen molar-refractivity contribution < 1.29 is 13.9 Å². The number of aryl methyl sites for hydroxylation is 1. The van der Waals surface area contributed by atoms with Crippen molar-refractivity contribution >= 4 is 5.91 Å². The van der Waals surface area contributed by atoms with Crippen LogP contribution in [0.5, 0.6) is 5.75 Å². The number of carbonyl (C=O) groups excluding carboxylic acids is 1. The molecule has 2 heterocycles. The molecule has 8 heteroatoms. The molecule has 7 nitrogen and oxygen atoms in total. The van der Waals surface area contributed by atoms with Crippen LogP contribution in [0.2, 0.25) is 0 Å². The molecule has 2 aromatic carbocycles. The summed E-state index contributed by atoms with van der Waals surface area (Å²) in [6, 6.07) is 15.0. The van der Waals surface area contributed by atoms with Crippen LogP contribution < -0.4 is 10.4 Å². The van der Waals surface area contributed by atoms with Crippen molar-refractivity contribution in [3.63, 3.8) is 0 Å². The molecule has 0 bridgehead atoms. The predicted octanol–water partition coefficient (Wildman–Crippen LogP) is 2.50. The van der Waals surface area contributed by atoms with Gasteiger partial charge < -0.3 is 9.64 Å². The number of aromatic nitrogens is 3. The molecule has 1 amide bonds. The van der Waals surface area contributed by atoms with E-state index in [9.17, 15) is 14.0 Å². The number of carbonyl (C=O) groups is 1. The lowest BCUT2D eigenvalue weighted by atomic mass is 9.95. The number of hydrogen-bond donors (Lipinski definition) is 0. The Balaban J connectivity index is 1.40. The topological polar surface area (TPSA) is 69.4 Å². The second-order valence-electron chi connectivity index (χ2n) is 7.33. The molecule has 0 N–H and O–H groups in total. The molecule has 0 radical (unpaired) electrons. The molecule has 0 aliphatic carbocycles. The average molecular weight is 410 g/mol. The first-order valence-electron chi connectivity index (χ1n) is 9.90. The highest BCUT2D eigenvalue weighted by molar-refractivity contribution is 5.77.